The van der Waals surface area contributed by atoms with E-state index in [1.54, 1.807) is 6.20 Å². The molecule has 8 nitrogen and oxygen atoms in total. The molecule has 0 spiro atoms. The van der Waals surface area contributed by atoms with Gasteiger partial charge in [0.15, 0.2) is 0 Å². The largest absolute Gasteiger partial charge is 0.492 e. The van der Waals surface area contributed by atoms with E-state index in [0.29, 0.717) is 48.4 Å². The average molecular weight is 563 g/mol. The molecule has 4 aromatic rings. The van der Waals surface area contributed by atoms with Crippen LogP contribution in [0.5, 0.6) is 11.5 Å². The maximum absolute atomic E-state index is 12.1. The van der Waals surface area contributed by atoms with Gasteiger partial charge in [-0.05, 0) is 79.1 Å². The first kappa shape index (κ1) is 27.9. The van der Waals surface area contributed by atoms with Gasteiger partial charge < -0.3 is 14.6 Å². The molecule has 210 valence electrons. The fourth-order valence-electron chi connectivity index (χ4n) is 5.66. The van der Waals surface area contributed by atoms with Crippen molar-refractivity contribution in [3.63, 3.8) is 0 Å². The standard InChI is InChI=1S/C31H34N2O6S/c1-19-16-21-8-4-5-9-22(21)28(23(19)17-26(34)35)29-25(39-31(2,3)12-6-7-15-40(32,36)37)18-24-27-20(11-14-38-24)10-13-33-30(27)29/h4-5,8-10,13,16,18H,6-7,11-12,14-15,17H2,1-3H3,(H,34,35)(H2,32,36,37). The van der Waals surface area contributed by atoms with Gasteiger partial charge in [0, 0.05) is 24.1 Å². The second-order valence-corrected chi connectivity index (χ2v) is 12.8. The molecule has 1 aliphatic rings. The average Bonchev–Trinajstić information content (AvgIpc) is 2.87. The Kier molecular flexibility index (Phi) is 7.46. The zero-order valence-electron chi connectivity index (χ0n) is 23.0. The number of nitrogens with two attached hydrogens (primary N) is 1. The molecule has 3 N–H and O–H groups in total. The molecule has 0 atom stereocenters. The van der Waals surface area contributed by atoms with Gasteiger partial charge in [0.25, 0.3) is 0 Å². The van der Waals surface area contributed by atoms with Crippen molar-refractivity contribution in [1.29, 1.82) is 0 Å². The number of fused-ring (bicyclic) bond motifs is 1. The van der Waals surface area contributed by atoms with Crippen molar-refractivity contribution in [2.75, 3.05) is 12.4 Å². The first-order valence-corrected chi connectivity index (χ1v) is 15.2. The normalized spacial score (nSPS) is 13.4. The molecule has 0 saturated carbocycles. The number of benzene rings is 3. The Morgan fingerprint density at radius 2 is 1.93 bits per heavy atom. The van der Waals surface area contributed by atoms with Crippen molar-refractivity contribution in [2.45, 2.75) is 58.5 Å². The lowest BCUT2D eigenvalue weighted by molar-refractivity contribution is -0.136. The van der Waals surface area contributed by atoms with Gasteiger partial charge >= 0.3 is 5.97 Å². The summed E-state index contributed by atoms with van der Waals surface area (Å²) in [5, 5.41) is 17.9. The van der Waals surface area contributed by atoms with Crippen LogP contribution in [0.2, 0.25) is 0 Å². The number of carbonyl (C=O) groups is 1. The smallest absolute Gasteiger partial charge is 0.307 e. The summed E-state index contributed by atoms with van der Waals surface area (Å²) >= 11 is 0. The number of ether oxygens (including phenoxy) is 2. The number of pyridine rings is 1. The number of primary sulfonamides is 1. The molecule has 0 radical (unpaired) electrons. The molecule has 0 unspecified atom stereocenters. The Bertz CT molecular complexity index is 1730. The molecular weight excluding hydrogens is 528 g/mol. The number of aliphatic carboxylic acids is 1. The number of hydrogen-bond acceptors (Lipinski definition) is 6. The number of rotatable bonds is 10. The van der Waals surface area contributed by atoms with E-state index in [1.165, 1.54) is 0 Å². The van der Waals surface area contributed by atoms with E-state index in [4.69, 9.17) is 19.6 Å². The lowest BCUT2D eigenvalue weighted by atomic mass is 9.86. The van der Waals surface area contributed by atoms with Crippen LogP contribution in [0.3, 0.4) is 0 Å². The Morgan fingerprint density at radius 3 is 2.67 bits per heavy atom. The molecule has 5 rings (SSSR count). The SMILES string of the molecule is Cc1cc2ccccc2c(-c2c(OC(C)(C)CCCCS(N)(=O)=O)cc3c4c(ccnc24)CCO3)c1CC(=O)O. The van der Waals surface area contributed by atoms with Crippen molar-refractivity contribution in [1.82, 2.24) is 4.98 Å². The highest BCUT2D eigenvalue weighted by Crippen LogP contribution is 2.48. The summed E-state index contributed by atoms with van der Waals surface area (Å²) in [6, 6.07) is 13.9. The van der Waals surface area contributed by atoms with Crippen LogP contribution in [0, 0.1) is 6.92 Å². The summed E-state index contributed by atoms with van der Waals surface area (Å²) < 4.78 is 35.6. The Hall–Kier alpha value is -3.69. The molecule has 0 fully saturated rings. The molecule has 0 bridgehead atoms. The maximum Gasteiger partial charge on any atom is 0.307 e. The lowest BCUT2D eigenvalue weighted by Crippen LogP contribution is -2.29. The second kappa shape index (κ2) is 10.7. The van der Waals surface area contributed by atoms with Gasteiger partial charge in [-0.15, -0.1) is 0 Å². The molecule has 2 heterocycles. The minimum absolute atomic E-state index is 0.0805. The number of unbranched alkanes of at least 4 members (excludes halogenated alkanes) is 1. The third-order valence-corrected chi connectivity index (χ3v) is 8.32. The number of carboxylic acids is 1. The second-order valence-electron chi connectivity index (χ2n) is 11.1. The Balaban J connectivity index is 1.74. The number of aromatic nitrogens is 1. The summed E-state index contributed by atoms with van der Waals surface area (Å²) in [5.74, 6) is 0.233. The predicted molar refractivity (Wildman–Crippen MR) is 156 cm³/mol. The summed E-state index contributed by atoms with van der Waals surface area (Å²) in [7, 11) is -3.53. The fraction of sp³-hybridized carbons (Fsp3) is 0.355. The quantitative estimate of drug-likeness (QED) is 0.243. The van der Waals surface area contributed by atoms with E-state index in [1.807, 2.05) is 63.2 Å². The van der Waals surface area contributed by atoms with Crippen LogP contribution in [0.1, 0.15) is 49.8 Å². The van der Waals surface area contributed by atoms with Gasteiger partial charge in [-0.3, -0.25) is 9.78 Å². The lowest BCUT2D eigenvalue weighted by Gasteiger charge is -2.30. The summed E-state index contributed by atoms with van der Waals surface area (Å²) in [6.07, 6.45) is 4.00. The van der Waals surface area contributed by atoms with Crippen molar-refractivity contribution in [2.24, 2.45) is 5.14 Å². The summed E-state index contributed by atoms with van der Waals surface area (Å²) in [5.41, 5.74) is 4.27. The zero-order valence-corrected chi connectivity index (χ0v) is 23.8. The molecule has 1 aliphatic heterocycles. The van der Waals surface area contributed by atoms with Crippen molar-refractivity contribution >= 4 is 37.7 Å². The highest BCUT2D eigenvalue weighted by Gasteiger charge is 2.29. The van der Waals surface area contributed by atoms with Crippen LogP contribution in [-0.2, 0) is 27.7 Å². The van der Waals surface area contributed by atoms with Crippen LogP contribution in [0.4, 0.5) is 0 Å². The van der Waals surface area contributed by atoms with Gasteiger partial charge in [0.2, 0.25) is 10.0 Å². The summed E-state index contributed by atoms with van der Waals surface area (Å²) in [6.45, 7) is 6.40. The van der Waals surface area contributed by atoms with Gasteiger partial charge in [0.05, 0.1) is 29.9 Å². The molecule has 0 amide bonds. The predicted octanol–water partition coefficient (Wildman–Crippen LogP) is 5.54. The topological polar surface area (TPSA) is 129 Å². The number of hydrogen-bond donors (Lipinski definition) is 2. The van der Waals surface area contributed by atoms with Crippen molar-refractivity contribution in [3.8, 4) is 22.6 Å². The summed E-state index contributed by atoms with van der Waals surface area (Å²) in [4.78, 5) is 16.9. The molecule has 0 aliphatic carbocycles. The van der Waals surface area contributed by atoms with Crippen LogP contribution >= 0.6 is 0 Å². The monoisotopic (exact) mass is 562 g/mol. The molecule has 40 heavy (non-hydrogen) atoms. The first-order valence-electron chi connectivity index (χ1n) is 13.4. The van der Waals surface area contributed by atoms with Crippen molar-refractivity contribution < 1.29 is 27.8 Å². The van der Waals surface area contributed by atoms with Gasteiger partial charge in [-0.25, -0.2) is 13.6 Å². The minimum Gasteiger partial charge on any atom is -0.492 e. The Morgan fingerprint density at radius 1 is 1.15 bits per heavy atom. The van der Waals surface area contributed by atoms with E-state index < -0.39 is 21.6 Å². The fourth-order valence-corrected chi connectivity index (χ4v) is 6.27. The molecule has 9 heteroatoms. The van der Waals surface area contributed by atoms with Crippen LogP contribution in [-0.4, -0.2) is 42.4 Å². The molecule has 0 saturated heterocycles. The third kappa shape index (κ3) is 5.76. The molecular formula is C31H34N2O6S. The van der Waals surface area contributed by atoms with Crippen LogP contribution in [0.15, 0.2) is 48.7 Å². The van der Waals surface area contributed by atoms with E-state index in [-0.39, 0.29) is 12.2 Å². The van der Waals surface area contributed by atoms with E-state index >= 15 is 0 Å². The number of carboxylic acid groups (broad SMARTS) is 1. The highest BCUT2D eigenvalue weighted by atomic mass is 32.2. The van der Waals surface area contributed by atoms with Gasteiger partial charge in [0.1, 0.15) is 17.1 Å². The zero-order chi connectivity index (χ0) is 28.7. The van der Waals surface area contributed by atoms with Gasteiger partial charge in [-0.1, -0.05) is 30.3 Å². The minimum atomic E-state index is -3.53. The Labute approximate surface area is 234 Å². The van der Waals surface area contributed by atoms with Crippen molar-refractivity contribution in [3.05, 3.63) is 65.4 Å². The molecule has 1 aromatic heterocycles. The van der Waals surface area contributed by atoms with Crippen LogP contribution in [0.25, 0.3) is 32.8 Å². The van der Waals surface area contributed by atoms with Gasteiger partial charge in [-0.2, -0.15) is 0 Å². The third-order valence-electron chi connectivity index (χ3n) is 7.46. The number of aryl methyl sites for hydroxylation is 1. The number of sulfonamides is 1. The van der Waals surface area contributed by atoms with E-state index in [0.717, 1.165) is 44.8 Å². The molecule has 3 aromatic carbocycles. The first-order chi connectivity index (χ1) is 18.9. The van der Waals surface area contributed by atoms with E-state index in [9.17, 15) is 18.3 Å². The van der Waals surface area contributed by atoms with Crippen LogP contribution < -0.4 is 14.6 Å². The highest BCUT2D eigenvalue weighted by molar-refractivity contribution is 7.89. The van der Waals surface area contributed by atoms with E-state index in [2.05, 4.69) is 0 Å². The maximum atomic E-state index is 12.1. The number of nitrogens with zero attached hydrogens (tertiary/aromatic N) is 1.